The Kier molecular flexibility index (Phi) is 6.58. The lowest BCUT2D eigenvalue weighted by atomic mass is 10.2. The van der Waals surface area contributed by atoms with Gasteiger partial charge in [0.1, 0.15) is 17.2 Å². The number of ether oxygens (including phenoxy) is 2. The lowest BCUT2D eigenvalue weighted by Crippen LogP contribution is -2.13. The molecule has 0 spiro atoms. The number of hydrogen-bond donors (Lipinski definition) is 3. The molecule has 3 aromatic rings. The first-order valence-corrected chi connectivity index (χ1v) is 11.5. The van der Waals surface area contributed by atoms with Crippen LogP contribution in [0.2, 0.25) is 0 Å². The fourth-order valence-corrected chi connectivity index (χ4v) is 3.75. The summed E-state index contributed by atoms with van der Waals surface area (Å²) in [6.45, 7) is 5.58. The molecule has 0 saturated heterocycles. The summed E-state index contributed by atoms with van der Waals surface area (Å²) in [5, 5.41) is 4.97. The standard InChI is InChI=1S/C20H21N2O6PS/c1-12(2)27-16-8-14(19(23)22-20-21-13(3)11-30-20)9-17(10-16)28-15-4-6-18(7-5-15)29(24,25)26/h4-12H,1-3H3,(H,21,22,23)(H2,24,25,26). The Bertz CT molecular complexity index is 1090. The van der Waals surface area contributed by atoms with Gasteiger partial charge < -0.3 is 19.3 Å². The van der Waals surface area contributed by atoms with E-state index >= 15 is 0 Å². The molecule has 0 aliphatic rings. The van der Waals surface area contributed by atoms with Crippen LogP contribution < -0.4 is 20.1 Å². The van der Waals surface area contributed by atoms with Crippen LogP contribution >= 0.6 is 18.9 Å². The molecule has 1 amide bonds. The van der Waals surface area contributed by atoms with Gasteiger partial charge in [-0.15, -0.1) is 11.3 Å². The average Bonchev–Trinajstić information content (AvgIpc) is 3.05. The van der Waals surface area contributed by atoms with Crippen LogP contribution in [0.1, 0.15) is 29.9 Å². The number of nitrogens with zero attached hydrogens (tertiary/aromatic N) is 1. The number of aromatic nitrogens is 1. The Morgan fingerprint density at radius 3 is 2.33 bits per heavy atom. The van der Waals surface area contributed by atoms with E-state index in [2.05, 4.69) is 10.3 Å². The highest BCUT2D eigenvalue weighted by Crippen LogP contribution is 2.34. The first kappa shape index (κ1) is 22.0. The zero-order valence-corrected chi connectivity index (χ0v) is 18.2. The van der Waals surface area contributed by atoms with Crippen molar-refractivity contribution in [3.8, 4) is 17.2 Å². The highest BCUT2D eigenvalue weighted by atomic mass is 32.1. The summed E-state index contributed by atoms with van der Waals surface area (Å²) in [6.07, 6.45) is -0.111. The van der Waals surface area contributed by atoms with Crippen LogP contribution in [0.25, 0.3) is 0 Å². The van der Waals surface area contributed by atoms with Crippen LogP contribution in [0.5, 0.6) is 17.2 Å². The number of benzene rings is 2. The van der Waals surface area contributed by atoms with Gasteiger partial charge in [-0.05, 0) is 57.2 Å². The number of carbonyl (C=O) groups excluding carboxylic acids is 1. The monoisotopic (exact) mass is 448 g/mol. The number of anilines is 1. The normalized spacial score (nSPS) is 11.4. The van der Waals surface area contributed by atoms with E-state index in [1.165, 1.54) is 35.6 Å². The molecule has 0 fully saturated rings. The molecule has 2 aromatic carbocycles. The highest BCUT2D eigenvalue weighted by molar-refractivity contribution is 7.60. The maximum atomic E-state index is 12.7. The maximum Gasteiger partial charge on any atom is 0.356 e. The van der Waals surface area contributed by atoms with Crippen molar-refractivity contribution in [2.24, 2.45) is 0 Å². The molecule has 10 heteroatoms. The van der Waals surface area contributed by atoms with Crippen LogP contribution in [0, 0.1) is 6.92 Å². The van der Waals surface area contributed by atoms with Crippen molar-refractivity contribution in [3.05, 3.63) is 59.1 Å². The Labute approximate surface area is 177 Å². The predicted molar refractivity (Wildman–Crippen MR) is 115 cm³/mol. The molecule has 3 rings (SSSR count). The molecule has 0 saturated carbocycles. The van der Waals surface area contributed by atoms with Crippen molar-refractivity contribution < 1.29 is 28.6 Å². The van der Waals surface area contributed by atoms with Gasteiger partial charge in [0.05, 0.1) is 17.1 Å². The van der Waals surface area contributed by atoms with Gasteiger partial charge in [0.25, 0.3) is 5.91 Å². The average molecular weight is 448 g/mol. The lowest BCUT2D eigenvalue weighted by molar-refractivity contribution is 0.102. The second-order valence-corrected chi connectivity index (χ2v) is 9.21. The first-order valence-electron chi connectivity index (χ1n) is 8.99. The van der Waals surface area contributed by atoms with E-state index in [1.54, 1.807) is 18.2 Å². The van der Waals surface area contributed by atoms with E-state index < -0.39 is 7.60 Å². The number of amides is 1. The molecule has 158 valence electrons. The molecule has 1 aromatic heterocycles. The van der Waals surface area contributed by atoms with E-state index in [9.17, 15) is 19.1 Å². The van der Waals surface area contributed by atoms with E-state index in [4.69, 9.17) is 9.47 Å². The van der Waals surface area contributed by atoms with E-state index in [1.807, 2.05) is 26.2 Å². The summed E-state index contributed by atoms with van der Waals surface area (Å²) >= 11 is 1.33. The molecule has 3 N–H and O–H groups in total. The molecular weight excluding hydrogens is 427 g/mol. The summed E-state index contributed by atoms with van der Waals surface area (Å²) < 4.78 is 22.8. The van der Waals surface area contributed by atoms with Gasteiger partial charge in [-0.2, -0.15) is 0 Å². The predicted octanol–water partition coefficient (Wildman–Crippen LogP) is 4.09. The van der Waals surface area contributed by atoms with Crippen molar-refractivity contribution >= 4 is 35.3 Å². The Morgan fingerprint density at radius 2 is 1.77 bits per heavy atom. The minimum Gasteiger partial charge on any atom is -0.491 e. The summed E-state index contributed by atoms with van der Waals surface area (Å²) in [5.74, 6) is 0.795. The topological polar surface area (TPSA) is 118 Å². The van der Waals surface area contributed by atoms with Gasteiger partial charge in [0, 0.05) is 17.0 Å². The smallest absolute Gasteiger partial charge is 0.356 e. The molecule has 0 bridgehead atoms. The summed E-state index contributed by atoms with van der Waals surface area (Å²) in [6, 6.07) is 10.3. The van der Waals surface area contributed by atoms with Crippen molar-refractivity contribution in [2.45, 2.75) is 26.9 Å². The molecule has 0 unspecified atom stereocenters. The number of nitrogens with one attached hydrogen (secondary N) is 1. The Hall–Kier alpha value is -2.71. The summed E-state index contributed by atoms with van der Waals surface area (Å²) in [5.41, 5.74) is 1.14. The molecule has 1 heterocycles. The molecule has 0 aliphatic carbocycles. The van der Waals surface area contributed by atoms with Crippen LogP contribution in [-0.4, -0.2) is 26.8 Å². The fourth-order valence-electron chi connectivity index (χ4n) is 2.53. The third kappa shape index (κ3) is 5.90. The van der Waals surface area contributed by atoms with Gasteiger partial charge in [0.2, 0.25) is 0 Å². The number of rotatable bonds is 7. The molecule has 8 nitrogen and oxygen atoms in total. The largest absolute Gasteiger partial charge is 0.491 e. The van der Waals surface area contributed by atoms with Crippen LogP contribution in [0.15, 0.2) is 47.8 Å². The fraction of sp³-hybridized carbons (Fsp3) is 0.200. The minimum atomic E-state index is -4.33. The third-order valence-corrected chi connectivity index (χ3v) is 5.61. The van der Waals surface area contributed by atoms with E-state index in [-0.39, 0.29) is 17.3 Å². The van der Waals surface area contributed by atoms with Gasteiger partial charge >= 0.3 is 7.60 Å². The Morgan fingerprint density at radius 1 is 1.10 bits per heavy atom. The van der Waals surface area contributed by atoms with Gasteiger partial charge in [-0.3, -0.25) is 14.7 Å². The molecular formula is C20H21N2O6PS. The van der Waals surface area contributed by atoms with Crippen molar-refractivity contribution in [1.82, 2.24) is 4.98 Å². The Balaban J connectivity index is 1.86. The third-order valence-electron chi connectivity index (χ3n) is 3.76. The van der Waals surface area contributed by atoms with E-state index in [0.717, 1.165) is 5.69 Å². The van der Waals surface area contributed by atoms with Crippen LogP contribution in [0.3, 0.4) is 0 Å². The van der Waals surface area contributed by atoms with Gasteiger partial charge in [-0.1, -0.05) is 0 Å². The maximum absolute atomic E-state index is 12.7. The van der Waals surface area contributed by atoms with Crippen molar-refractivity contribution in [1.29, 1.82) is 0 Å². The first-order chi connectivity index (χ1) is 14.1. The summed E-state index contributed by atoms with van der Waals surface area (Å²) in [7, 11) is -4.33. The second-order valence-electron chi connectivity index (χ2n) is 6.75. The van der Waals surface area contributed by atoms with E-state index in [0.29, 0.717) is 27.9 Å². The van der Waals surface area contributed by atoms with Crippen molar-refractivity contribution in [2.75, 3.05) is 5.32 Å². The minimum absolute atomic E-state index is 0.106. The molecule has 0 atom stereocenters. The number of aryl methyl sites for hydroxylation is 1. The quantitative estimate of drug-likeness (QED) is 0.466. The van der Waals surface area contributed by atoms with Gasteiger partial charge in [0.15, 0.2) is 5.13 Å². The molecule has 0 radical (unpaired) electrons. The van der Waals surface area contributed by atoms with Gasteiger partial charge in [-0.25, -0.2) is 4.98 Å². The number of thiazole rings is 1. The highest BCUT2D eigenvalue weighted by Gasteiger charge is 2.17. The van der Waals surface area contributed by atoms with Crippen LogP contribution in [-0.2, 0) is 4.57 Å². The summed E-state index contributed by atoms with van der Waals surface area (Å²) in [4.78, 5) is 35.3. The zero-order valence-electron chi connectivity index (χ0n) is 16.5. The lowest BCUT2D eigenvalue weighted by Gasteiger charge is -2.14. The van der Waals surface area contributed by atoms with Crippen LogP contribution in [0.4, 0.5) is 5.13 Å². The number of carbonyl (C=O) groups is 1. The zero-order chi connectivity index (χ0) is 21.9. The molecule has 0 aliphatic heterocycles. The van der Waals surface area contributed by atoms with Crippen molar-refractivity contribution in [3.63, 3.8) is 0 Å². The molecule has 30 heavy (non-hydrogen) atoms. The second kappa shape index (κ2) is 8.97. The SMILES string of the molecule is Cc1csc(NC(=O)c2cc(Oc3ccc(P(=O)(O)O)cc3)cc(OC(C)C)c2)n1. The number of hydrogen-bond acceptors (Lipinski definition) is 6.